The van der Waals surface area contributed by atoms with Crippen molar-refractivity contribution in [3.63, 3.8) is 0 Å². The van der Waals surface area contributed by atoms with E-state index in [-0.39, 0.29) is 12.1 Å². The third kappa shape index (κ3) is 5.16. The highest BCUT2D eigenvalue weighted by molar-refractivity contribution is 5.89. The van der Waals surface area contributed by atoms with Gasteiger partial charge in [-0.3, -0.25) is 4.98 Å². The standard InChI is InChI=1S/C17H21N3O2/c1-2-3-4-7-16(8-11-20-12-10-19-14-20)22-17(21)15-6-5-9-18-13-15/h5-6,8-14,16H,2-4,7H2,1H3/b11-8+/t16-/m1/s1. The lowest BCUT2D eigenvalue weighted by atomic mass is 10.1. The van der Waals surface area contributed by atoms with Crippen molar-refractivity contribution in [1.82, 2.24) is 14.5 Å². The van der Waals surface area contributed by atoms with E-state index in [4.69, 9.17) is 4.74 Å². The van der Waals surface area contributed by atoms with Crippen molar-refractivity contribution in [2.45, 2.75) is 38.7 Å². The Morgan fingerprint density at radius 1 is 1.36 bits per heavy atom. The molecule has 2 heterocycles. The quantitative estimate of drug-likeness (QED) is 0.552. The Morgan fingerprint density at radius 3 is 2.95 bits per heavy atom. The molecule has 0 aliphatic carbocycles. The summed E-state index contributed by atoms with van der Waals surface area (Å²) in [4.78, 5) is 20.1. The van der Waals surface area contributed by atoms with Gasteiger partial charge >= 0.3 is 5.97 Å². The van der Waals surface area contributed by atoms with Gasteiger partial charge in [0.1, 0.15) is 6.10 Å². The summed E-state index contributed by atoms with van der Waals surface area (Å²) in [5, 5.41) is 0. The average molecular weight is 299 g/mol. The number of imidazole rings is 1. The zero-order valence-electron chi connectivity index (χ0n) is 12.8. The molecule has 0 aliphatic heterocycles. The van der Waals surface area contributed by atoms with Crippen molar-refractivity contribution in [2.75, 3.05) is 0 Å². The molecule has 2 aromatic rings. The van der Waals surface area contributed by atoms with Crippen molar-refractivity contribution in [3.05, 3.63) is 54.9 Å². The van der Waals surface area contributed by atoms with E-state index in [0.29, 0.717) is 5.56 Å². The predicted octanol–water partition coefficient (Wildman–Crippen LogP) is 3.55. The van der Waals surface area contributed by atoms with Crippen molar-refractivity contribution in [2.24, 2.45) is 0 Å². The van der Waals surface area contributed by atoms with Crippen LogP contribution >= 0.6 is 0 Å². The van der Waals surface area contributed by atoms with Gasteiger partial charge < -0.3 is 9.30 Å². The molecule has 0 amide bonds. The molecule has 0 aliphatic rings. The van der Waals surface area contributed by atoms with E-state index in [9.17, 15) is 4.79 Å². The molecule has 5 nitrogen and oxygen atoms in total. The molecule has 22 heavy (non-hydrogen) atoms. The van der Waals surface area contributed by atoms with Crippen LogP contribution in [-0.4, -0.2) is 26.6 Å². The van der Waals surface area contributed by atoms with Crippen LogP contribution in [0.1, 0.15) is 43.0 Å². The van der Waals surface area contributed by atoms with Gasteiger partial charge in [0.25, 0.3) is 0 Å². The Morgan fingerprint density at radius 2 is 2.27 bits per heavy atom. The number of hydrogen-bond donors (Lipinski definition) is 0. The number of carbonyl (C=O) groups excluding carboxylic acids is 1. The molecule has 0 saturated heterocycles. The number of carbonyl (C=O) groups is 1. The van der Waals surface area contributed by atoms with E-state index in [0.717, 1.165) is 25.7 Å². The first-order chi connectivity index (χ1) is 10.8. The van der Waals surface area contributed by atoms with Gasteiger partial charge in [0, 0.05) is 31.0 Å². The summed E-state index contributed by atoms with van der Waals surface area (Å²) in [7, 11) is 0. The number of esters is 1. The van der Waals surface area contributed by atoms with E-state index < -0.39 is 0 Å². The second kappa shape index (κ2) is 8.77. The molecule has 2 rings (SSSR count). The highest BCUT2D eigenvalue weighted by Crippen LogP contribution is 2.12. The van der Waals surface area contributed by atoms with Crippen LogP contribution in [0.25, 0.3) is 6.20 Å². The van der Waals surface area contributed by atoms with Crippen LogP contribution in [0.5, 0.6) is 0 Å². The summed E-state index contributed by atoms with van der Waals surface area (Å²) in [6.45, 7) is 2.15. The van der Waals surface area contributed by atoms with Gasteiger partial charge in [-0.1, -0.05) is 19.8 Å². The smallest absolute Gasteiger partial charge is 0.340 e. The van der Waals surface area contributed by atoms with Gasteiger partial charge in [-0.05, 0) is 31.1 Å². The third-order valence-corrected chi connectivity index (χ3v) is 3.25. The van der Waals surface area contributed by atoms with Crippen LogP contribution in [0.2, 0.25) is 0 Å². The lowest BCUT2D eigenvalue weighted by Gasteiger charge is -2.14. The molecule has 116 valence electrons. The Kier molecular flexibility index (Phi) is 6.36. The van der Waals surface area contributed by atoms with Crippen molar-refractivity contribution < 1.29 is 9.53 Å². The number of pyridine rings is 1. The maximum Gasteiger partial charge on any atom is 0.340 e. The normalized spacial score (nSPS) is 12.4. The molecule has 1 atom stereocenters. The predicted molar refractivity (Wildman–Crippen MR) is 85.1 cm³/mol. The van der Waals surface area contributed by atoms with Crippen LogP contribution in [0.4, 0.5) is 0 Å². The van der Waals surface area contributed by atoms with Crippen molar-refractivity contribution in [3.8, 4) is 0 Å². The van der Waals surface area contributed by atoms with Crippen molar-refractivity contribution >= 4 is 12.2 Å². The van der Waals surface area contributed by atoms with Crippen LogP contribution in [0, 0.1) is 0 Å². The lowest BCUT2D eigenvalue weighted by molar-refractivity contribution is 0.0377. The minimum atomic E-state index is -0.343. The summed E-state index contributed by atoms with van der Waals surface area (Å²) < 4.78 is 7.41. The molecule has 0 spiro atoms. The number of nitrogens with zero attached hydrogens (tertiary/aromatic N) is 3. The average Bonchev–Trinajstić information content (AvgIpc) is 3.07. The Hall–Kier alpha value is -2.43. The number of hydrogen-bond acceptors (Lipinski definition) is 4. The van der Waals surface area contributed by atoms with Crippen LogP contribution in [0.3, 0.4) is 0 Å². The van der Waals surface area contributed by atoms with Crippen LogP contribution in [0.15, 0.2) is 49.3 Å². The monoisotopic (exact) mass is 299 g/mol. The molecule has 2 aromatic heterocycles. The minimum absolute atomic E-state index is 0.248. The molecule has 5 heteroatoms. The third-order valence-electron chi connectivity index (χ3n) is 3.25. The van der Waals surface area contributed by atoms with Gasteiger partial charge in [-0.25, -0.2) is 9.78 Å². The second-order valence-corrected chi connectivity index (χ2v) is 5.03. The summed E-state index contributed by atoms with van der Waals surface area (Å²) in [6.07, 6.45) is 16.0. The summed E-state index contributed by atoms with van der Waals surface area (Å²) in [5.41, 5.74) is 0.471. The largest absolute Gasteiger partial charge is 0.454 e. The number of rotatable bonds is 8. The molecule has 0 saturated carbocycles. The van der Waals surface area contributed by atoms with E-state index in [1.165, 1.54) is 6.20 Å². The number of unbranched alkanes of at least 4 members (excludes halogenated alkanes) is 2. The first kappa shape index (κ1) is 15.9. The minimum Gasteiger partial charge on any atom is -0.454 e. The molecule has 0 N–H and O–H groups in total. The first-order valence-corrected chi connectivity index (χ1v) is 7.56. The highest BCUT2D eigenvalue weighted by atomic mass is 16.5. The molecular formula is C17H21N3O2. The summed E-state index contributed by atoms with van der Waals surface area (Å²) >= 11 is 0. The molecule has 0 bridgehead atoms. The zero-order chi connectivity index (χ0) is 15.6. The number of aromatic nitrogens is 3. The van der Waals surface area contributed by atoms with Gasteiger partial charge in [0.05, 0.1) is 11.9 Å². The summed E-state index contributed by atoms with van der Waals surface area (Å²) in [5.74, 6) is -0.343. The molecular weight excluding hydrogens is 278 g/mol. The molecule has 0 aromatic carbocycles. The van der Waals surface area contributed by atoms with Crippen LogP contribution < -0.4 is 0 Å². The Bertz CT molecular complexity index is 579. The molecule has 0 unspecified atom stereocenters. The fourth-order valence-electron chi connectivity index (χ4n) is 2.03. The Labute approximate surface area is 130 Å². The SMILES string of the molecule is CCCCC[C@H](/C=C/n1ccnc1)OC(=O)c1cccnc1. The van der Waals surface area contributed by atoms with Crippen molar-refractivity contribution in [1.29, 1.82) is 0 Å². The van der Waals surface area contributed by atoms with Gasteiger partial charge in [0.15, 0.2) is 0 Å². The molecule has 0 radical (unpaired) electrons. The van der Waals surface area contributed by atoms with Gasteiger partial charge in [0.2, 0.25) is 0 Å². The highest BCUT2D eigenvalue weighted by Gasteiger charge is 2.13. The van der Waals surface area contributed by atoms with Gasteiger partial charge in [-0.2, -0.15) is 0 Å². The first-order valence-electron chi connectivity index (χ1n) is 7.56. The topological polar surface area (TPSA) is 57.0 Å². The van der Waals surface area contributed by atoms with E-state index in [1.54, 1.807) is 30.9 Å². The van der Waals surface area contributed by atoms with Gasteiger partial charge in [-0.15, -0.1) is 0 Å². The van der Waals surface area contributed by atoms with E-state index in [1.807, 2.05) is 23.0 Å². The maximum atomic E-state index is 12.1. The fraction of sp³-hybridized carbons (Fsp3) is 0.353. The lowest BCUT2D eigenvalue weighted by Crippen LogP contribution is -2.16. The number of ether oxygens (including phenoxy) is 1. The fourth-order valence-corrected chi connectivity index (χ4v) is 2.03. The summed E-state index contributed by atoms with van der Waals surface area (Å²) in [6, 6.07) is 3.43. The molecule has 0 fully saturated rings. The van der Waals surface area contributed by atoms with E-state index >= 15 is 0 Å². The maximum absolute atomic E-state index is 12.1. The Balaban J connectivity index is 1.98. The zero-order valence-corrected chi connectivity index (χ0v) is 12.8. The second-order valence-electron chi connectivity index (χ2n) is 5.03. The van der Waals surface area contributed by atoms with Crippen LogP contribution in [-0.2, 0) is 4.74 Å². The van der Waals surface area contributed by atoms with E-state index in [2.05, 4.69) is 16.9 Å².